The number of nitrogens with zero attached hydrogens (tertiary/aromatic N) is 1. The molecule has 0 aliphatic rings. The molecule has 0 saturated heterocycles. The number of aromatic nitrogens is 2. The van der Waals surface area contributed by atoms with Crippen LogP contribution in [0.4, 0.5) is 0 Å². The van der Waals surface area contributed by atoms with E-state index in [1.807, 2.05) is 0 Å². The third-order valence-corrected chi connectivity index (χ3v) is 3.62. The molecule has 2 rings (SSSR count). The molecule has 0 aliphatic heterocycles. The smallest absolute Gasteiger partial charge is 0.263 e. The van der Waals surface area contributed by atoms with Crippen LogP contribution in [0.2, 0.25) is 5.02 Å². The molecule has 0 aliphatic carbocycles. The van der Waals surface area contributed by atoms with Crippen molar-refractivity contribution in [1.29, 1.82) is 0 Å². The maximum atomic E-state index is 11.8. The van der Waals surface area contributed by atoms with Gasteiger partial charge in [0.2, 0.25) is 0 Å². The zero-order chi connectivity index (χ0) is 17.7. The molecule has 1 heterocycles. The van der Waals surface area contributed by atoms with Crippen molar-refractivity contribution in [3.05, 3.63) is 50.7 Å². The summed E-state index contributed by atoms with van der Waals surface area (Å²) in [6, 6.07) is 3.46. The average Bonchev–Trinajstić information content (AvgIpc) is 2.59. The van der Waals surface area contributed by atoms with E-state index in [-0.39, 0.29) is 5.56 Å². The van der Waals surface area contributed by atoms with Crippen LogP contribution in [0.5, 0.6) is 11.5 Å². The van der Waals surface area contributed by atoms with Crippen LogP contribution in [0, 0.1) is 0 Å². The fourth-order valence-corrected chi connectivity index (χ4v) is 2.29. The molecule has 2 aromatic rings. The van der Waals surface area contributed by atoms with Crippen molar-refractivity contribution in [2.75, 3.05) is 21.3 Å². The molecule has 0 fully saturated rings. The maximum Gasteiger partial charge on any atom is 0.263 e. The molecular formula is C16H16ClN3O4. The summed E-state index contributed by atoms with van der Waals surface area (Å²) in [5.74, 6) is 0.722. The number of aromatic amines is 1. The average molecular weight is 350 g/mol. The second kappa shape index (κ2) is 7.65. The number of methoxy groups -OCH3 is 2. The summed E-state index contributed by atoms with van der Waals surface area (Å²) in [5, 5.41) is 2.74. The van der Waals surface area contributed by atoms with Gasteiger partial charge in [0.15, 0.2) is 11.5 Å². The van der Waals surface area contributed by atoms with Crippen molar-refractivity contribution >= 4 is 29.7 Å². The lowest BCUT2D eigenvalue weighted by Gasteiger charge is -2.10. The number of carbonyl (C=O) groups excluding carboxylic acids is 1. The zero-order valence-electron chi connectivity index (χ0n) is 13.3. The summed E-state index contributed by atoms with van der Waals surface area (Å²) in [6.45, 7) is 0. The number of halogens is 1. The van der Waals surface area contributed by atoms with Gasteiger partial charge in [-0.2, -0.15) is 0 Å². The Morgan fingerprint density at radius 3 is 2.62 bits per heavy atom. The number of benzene rings is 1. The van der Waals surface area contributed by atoms with E-state index in [0.717, 1.165) is 0 Å². The Bertz CT molecular complexity index is 846. The van der Waals surface area contributed by atoms with Crippen LogP contribution in [-0.2, 0) is 0 Å². The summed E-state index contributed by atoms with van der Waals surface area (Å²) in [7, 11) is 4.45. The highest BCUT2D eigenvalue weighted by Gasteiger charge is 2.12. The monoisotopic (exact) mass is 349 g/mol. The van der Waals surface area contributed by atoms with Crippen LogP contribution in [0.15, 0.2) is 23.1 Å². The van der Waals surface area contributed by atoms with Crippen LogP contribution in [0.3, 0.4) is 0 Å². The van der Waals surface area contributed by atoms with Crippen molar-refractivity contribution in [1.82, 2.24) is 15.3 Å². The highest BCUT2D eigenvalue weighted by atomic mass is 35.5. The van der Waals surface area contributed by atoms with E-state index in [9.17, 15) is 9.59 Å². The summed E-state index contributed by atoms with van der Waals surface area (Å²) in [6.07, 6.45) is 4.46. The molecule has 8 heteroatoms. The lowest BCUT2D eigenvalue weighted by Crippen LogP contribution is -2.27. The molecule has 0 unspecified atom stereocenters. The number of hydrogen-bond acceptors (Lipinski definition) is 5. The third-order valence-electron chi connectivity index (χ3n) is 3.23. The first-order valence-corrected chi connectivity index (χ1v) is 7.29. The molecule has 2 N–H and O–H groups in total. The van der Waals surface area contributed by atoms with Crippen LogP contribution in [0.25, 0.3) is 12.2 Å². The molecule has 0 bridgehead atoms. The Morgan fingerprint density at radius 1 is 1.29 bits per heavy atom. The highest BCUT2D eigenvalue weighted by molar-refractivity contribution is 6.34. The fourth-order valence-electron chi connectivity index (χ4n) is 1.99. The van der Waals surface area contributed by atoms with Crippen LogP contribution in [0.1, 0.15) is 21.7 Å². The van der Waals surface area contributed by atoms with Gasteiger partial charge in [0.25, 0.3) is 11.5 Å². The molecular weight excluding hydrogens is 334 g/mol. The van der Waals surface area contributed by atoms with Crippen LogP contribution >= 0.6 is 11.6 Å². The normalized spacial score (nSPS) is 10.7. The van der Waals surface area contributed by atoms with E-state index in [4.69, 9.17) is 21.1 Å². The van der Waals surface area contributed by atoms with Gasteiger partial charge in [0.05, 0.1) is 19.2 Å². The number of carbonyl (C=O) groups is 1. The van der Waals surface area contributed by atoms with Crippen molar-refractivity contribution in [2.24, 2.45) is 0 Å². The Hall–Kier alpha value is -2.80. The number of hydrogen-bond donors (Lipinski definition) is 2. The third kappa shape index (κ3) is 3.57. The minimum absolute atomic E-state index is 0.0567. The number of H-pyrrole nitrogens is 1. The minimum atomic E-state index is -0.526. The highest BCUT2D eigenvalue weighted by Crippen LogP contribution is 2.37. The van der Waals surface area contributed by atoms with E-state index in [2.05, 4.69) is 15.3 Å². The summed E-state index contributed by atoms with van der Waals surface area (Å²) >= 11 is 6.27. The topological polar surface area (TPSA) is 93.3 Å². The Morgan fingerprint density at radius 2 is 2.04 bits per heavy atom. The van der Waals surface area contributed by atoms with Gasteiger partial charge < -0.3 is 19.8 Å². The molecule has 24 heavy (non-hydrogen) atoms. The van der Waals surface area contributed by atoms with E-state index in [1.165, 1.54) is 27.5 Å². The van der Waals surface area contributed by atoms with Gasteiger partial charge in [-0.1, -0.05) is 11.6 Å². The fraction of sp³-hybridized carbons (Fsp3) is 0.188. The molecule has 7 nitrogen and oxygen atoms in total. The van der Waals surface area contributed by atoms with E-state index in [1.54, 1.807) is 24.3 Å². The van der Waals surface area contributed by atoms with Crippen molar-refractivity contribution in [3.63, 3.8) is 0 Å². The Balaban J connectivity index is 2.33. The Kier molecular flexibility index (Phi) is 5.59. The summed E-state index contributed by atoms with van der Waals surface area (Å²) in [5.41, 5.74) is 0.0774. The predicted octanol–water partition coefficient (Wildman–Crippen LogP) is 1.97. The second-order valence-corrected chi connectivity index (χ2v) is 5.01. The SMILES string of the molecule is CNC(=O)c1cnc(C=Cc2ccc(OC)c(OC)c2Cl)[nH]c1=O. The molecule has 1 aromatic carbocycles. The second-order valence-electron chi connectivity index (χ2n) is 4.63. The standard InChI is InChI=1S/C16H16ClN3O4/c1-18-15(21)10-8-19-12(20-16(10)22)7-5-9-4-6-11(23-2)14(24-3)13(9)17/h4-8H,1-3H3,(H,18,21)(H,19,20,22). The van der Waals surface area contributed by atoms with E-state index < -0.39 is 11.5 Å². The minimum Gasteiger partial charge on any atom is -0.493 e. The molecule has 0 spiro atoms. The maximum absolute atomic E-state index is 11.8. The van der Waals surface area contributed by atoms with Gasteiger partial charge in [-0.05, 0) is 29.8 Å². The summed E-state index contributed by atoms with van der Waals surface area (Å²) in [4.78, 5) is 29.9. The van der Waals surface area contributed by atoms with Gasteiger partial charge >= 0.3 is 0 Å². The first-order valence-electron chi connectivity index (χ1n) is 6.91. The van der Waals surface area contributed by atoms with Crippen LogP contribution < -0.4 is 20.3 Å². The first-order chi connectivity index (χ1) is 11.5. The van der Waals surface area contributed by atoms with Gasteiger partial charge in [-0.3, -0.25) is 9.59 Å². The molecule has 0 saturated carbocycles. The first kappa shape index (κ1) is 17.6. The molecule has 1 aromatic heterocycles. The van der Waals surface area contributed by atoms with Gasteiger partial charge in [-0.25, -0.2) is 4.98 Å². The molecule has 0 atom stereocenters. The van der Waals surface area contributed by atoms with Crippen LogP contribution in [-0.4, -0.2) is 37.1 Å². The number of rotatable bonds is 5. The van der Waals surface area contributed by atoms with Gasteiger partial charge in [0.1, 0.15) is 11.4 Å². The summed E-state index contributed by atoms with van der Waals surface area (Å²) < 4.78 is 10.4. The van der Waals surface area contributed by atoms with Crippen molar-refractivity contribution in [2.45, 2.75) is 0 Å². The lowest BCUT2D eigenvalue weighted by atomic mass is 10.2. The molecule has 0 radical (unpaired) electrons. The van der Waals surface area contributed by atoms with Gasteiger partial charge in [0, 0.05) is 13.2 Å². The van der Waals surface area contributed by atoms with Gasteiger partial charge in [-0.15, -0.1) is 0 Å². The number of ether oxygens (including phenoxy) is 2. The van der Waals surface area contributed by atoms with E-state index >= 15 is 0 Å². The molecule has 1 amide bonds. The molecule has 126 valence electrons. The van der Waals surface area contributed by atoms with E-state index in [0.29, 0.717) is 27.9 Å². The van der Waals surface area contributed by atoms with Crippen molar-refractivity contribution in [3.8, 4) is 11.5 Å². The number of amides is 1. The zero-order valence-corrected chi connectivity index (χ0v) is 14.1. The quantitative estimate of drug-likeness (QED) is 0.860. The van der Waals surface area contributed by atoms with Crippen molar-refractivity contribution < 1.29 is 14.3 Å². The number of nitrogens with one attached hydrogen (secondary N) is 2. The largest absolute Gasteiger partial charge is 0.493 e. The Labute approximate surface area is 143 Å². The lowest BCUT2D eigenvalue weighted by molar-refractivity contribution is 0.0961. The predicted molar refractivity (Wildman–Crippen MR) is 91.7 cm³/mol.